The van der Waals surface area contributed by atoms with Crippen molar-refractivity contribution in [1.82, 2.24) is 0 Å². The molecule has 1 unspecified atom stereocenters. The normalized spacial score (nSPS) is 23.5. The van der Waals surface area contributed by atoms with E-state index in [1.54, 1.807) is 36.6 Å². The van der Waals surface area contributed by atoms with Crippen molar-refractivity contribution in [2.45, 2.75) is 24.6 Å². The number of allylic oxidation sites excluding steroid dienone is 2. The average molecular weight is 510 g/mol. The van der Waals surface area contributed by atoms with Crippen LogP contribution in [0.25, 0.3) is 11.1 Å². The van der Waals surface area contributed by atoms with Crippen LogP contribution in [-0.2, 0) is 32.4 Å². The van der Waals surface area contributed by atoms with Gasteiger partial charge < -0.3 is 28.9 Å². The van der Waals surface area contributed by atoms with Crippen molar-refractivity contribution >= 4 is 11.6 Å². The van der Waals surface area contributed by atoms with Gasteiger partial charge in [0.25, 0.3) is 0 Å². The van der Waals surface area contributed by atoms with Crippen molar-refractivity contribution < 1.29 is 36.3 Å². The number of benzene rings is 1. The Hall–Kier alpha value is -4.34. The predicted molar refractivity (Wildman–Crippen MR) is 126 cm³/mol. The van der Waals surface area contributed by atoms with E-state index in [1.807, 2.05) is 6.07 Å². The van der Waals surface area contributed by atoms with Crippen molar-refractivity contribution in [3.63, 3.8) is 0 Å². The molecule has 2 aromatic heterocycles. The number of halogens is 3. The number of furan rings is 2. The van der Waals surface area contributed by atoms with Crippen molar-refractivity contribution in [1.29, 1.82) is 0 Å². The molecule has 0 saturated carbocycles. The summed E-state index contributed by atoms with van der Waals surface area (Å²) in [7, 11) is 0. The molecular formula is C27H21F3N2O5. The van der Waals surface area contributed by atoms with Crippen LogP contribution in [-0.4, -0.2) is 19.1 Å². The molecule has 3 aliphatic heterocycles. The maximum Gasteiger partial charge on any atom is 0.449 e. The van der Waals surface area contributed by atoms with E-state index in [9.17, 15) is 18.0 Å². The van der Waals surface area contributed by atoms with Crippen molar-refractivity contribution in [3.05, 3.63) is 101 Å². The zero-order chi connectivity index (χ0) is 25.8. The van der Waals surface area contributed by atoms with E-state index in [2.05, 4.69) is 0 Å². The van der Waals surface area contributed by atoms with E-state index in [0.29, 0.717) is 41.3 Å². The van der Waals surface area contributed by atoms with Crippen LogP contribution < -0.4 is 10.6 Å². The first kappa shape index (κ1) is 23.1. The molecular weight excluding hydrogens is 489 g/mol. The molecule has 1 atom stereocenters. The minimum absolute atomic E-state index is 0.00308. The number of alkyl halides is 3. The third kappa shape index (κ3) is 3.62. The highest BCUT2D eigenvalue weighted by Gasteiger charge is 2.58. The number of carbonyl (C=O) groups excluding carboxylic acids is 1. The SMILES string of the molecule is N/C1=C\C2=C(/C=C/OCC1)OCC21C(=O)N(Cc2ccc(C(F)(F)F)o2)c2cccc(-c3ccoc3)c21. The fraction of sp³-hybridized carbons (Fsp3) is 0.222. The number of anilines is 1. The molecule has 190 valence electrons. The van der Waals surface area contributed by atoms with E-state index >= 15 is 0 Å². The van der Waals surface area contributed by atoms with E-state index in [1.165, 1.54) is 23.5 Å². The number of amides is 1. The lowest BCUT2D eigenvalue weighted by Gasteiger charge is -2.25. The van der Waals surface area contributed by atoms with E-state index in [-0.39, 0.29) is 24.8 Å². The van der Waals surface area contributed by atoms with Gasteiger partial charge in [-0.1, -0.05) is 12.1 Å². The number of fused-ring (bicyclic) bond motifs is 3. The molecule has 0 radical (unpaired) electrons. The van der Waals surface area contributed by atoms with Crippen molar-refractivity contribution in [2.24, 2.45) is 5.73 Å². The maximum absolute atomic E-state index is 14.4. The van der Waals surface area contributed by atoms with Gasteiger partial charge in [0.1, 0.15) is 23.5 Å². The standard InChI is InChI=1S/C27H21F3N2O5/c28-27(29,30)23-5-4-18(37-23)13-32-21-3-1-2-19(16-6-9-35-14-16)24(21)26(25(32)33)15-36-22-8-11-34-10-7-17(31)12-20(22)26/h1-6,8-9,11-12,14H,7,10,13,15,31H2/b11-8+,17-12-. The lowest BCUT2D eigenvalue weighted by atomic mass is 9.73. The van der Waals surface area contributed by atoms with Gasteiger partial charge in [-0.3, -0.25) is 4.79 Å². The van der Waals surface area contributed by atoms with Crippen LogP contribution in [0, 0.1) is 0 Å². The third-order valence-corrected chi connectivity index (χ3v) is 6.78. The molecule has 1 spiro atoms. The van der Waals surface area contributed by atoms with Crippen LogP contribution in [0.3, 0.4) is 0 Å². The predicted octanol–water partition coefficient (Wildman–Crippen LogP) is 5.40. The summed E-state index contributed by atoms with van der Waals surface area (Å²) in [5, 5.41) is 0. The van der Waals surface area contributed by atoms with Crippen molar-refractivity contribution in [3.8, 4) is 11.1 Å². The highest BCUT2D eigenvalue weighted by Crippen LogP contribution is 2.55. The van der Waals surface area contributed by atoms with Gasteiger partial charge in [0.15, 0.2) is 0 Å². The summed E-state index contributed by atoms with van der Waals surface area (Å²) in [5.41, 5.74) is 8.74. The summed E-state index contributed by atoms with van der Waals surface area (Å²) in [5.74, 6) is -1.04. The fourth-order valence-corrected chi connectivity index (χ4v) is 5.13. The highest BCUT2D eigenvalue weighted by atomic mass is 19.4. The molecule has 10 heteroatoms. The third-order valence-electron chi connectivity index (χ3n) is 6.78. The number of hydrogen-bond donors (Lipinski definition) is 1. The Morgan fingerprint density at radius 3 is 2.76 bits per heavy atom. The zero-order valence-corrected chi connectivity index (χ0v) is 19.4. The lowest BCUT2D eigenvalue weighted by molar-refractivity contribution is -0.153. The number of nitrogens with two attached hydrogens (primary N) is 1. The summed E-state index contributed by atoms with van der Waals surface area (Å²) in [6, 6.07) is 9.30. The van der Waals surface area contributed by atoms with Gasteiger partial charge >= 0.3 is 6.18 Å². The highest BCUT2D eigenvalue weighted by molar-refractivity contribution is 6.13. The smallest absolute Gasteiger partial charge is 0.449 e. The van der Waals surface area contributed by atoms with Gasteiger partial charge in [-0.2, -0.15) is 13.2 Å². The molecule has 0 saturated heterocycles. The van der Waals surface area contributed by atoms with Crippen molar-refractivity contribution in [2.75, 3.05) is 18.1 Å². The molecule has 7 nitrogen and oxygen atoms in total. The molecule has 2 N–H and O–H groups in total. The van der Waals surface area contributed by atoms with E-state index in [4.69, 9.17) is 24.0 Å². The number of rotatable bonds is 3. The molecule has 3 aliphatic rings. The number of ether oxygens (including phenoxy) is 2. The van der Waals surface area contributed by atoms with Gasteiger partial charge in [0.05, 0.1) is 31.9 Å². The number of nitrogens with zero attached hydrogens (tertiary/aromatic N) is 1. The van der Waals surface area contributed by atoms with Crippen LogP contribution in [0.1, 0.15) is 23.5 Å². The summed E-state index contributed by atoms with van der Waals surface area (Å²) >= 11 is 0. The Morgan fingerprint density at radius 1 is 1.14 bits per heavy atom. The molecule has 1 amide bonds. The molecule has 3 aromatic rings. The minimum Gasteiger partial charge on any atom is -0.501 e. The molecule has 1 aromatic carbocycles. The molecule has 0 aliphatic carbocycles. The molecule has 5 heterocycles. The van der Waals surface area contributed by atoms with Crippen LogP contribution in [0.4, 0.5) is 18.9 Å². The lowest BCUT2D eigenvalue weighted by Crippen LogP contribution is -2.42. The summed E-state index contributed by atoms with van der Waals surface area (Å²) < 4.78 is 61.4. The Labute approximate surface area is 209 Å². The second kappa shape index (κ2) is 8.36. The second-order valence-electron chi connectivity index (χ2n) is 8.98. The van der Waals surface area contributed by atoms with Crippen LogP contribution in [0.2, 0.25) is 0 Å². The largest absolute Gasteiger partial charge is 0.501 e. The second-order valence-corrected chi connectivity index (χ2v) is 8.98. The monoisotopic (exact) mass is 510 g/mol. The first-order chi connectivity index (χ1) is 17.8. The van der Waals surface area contributed by atoms with Crippen LogP contribution in [0.5, 0.6) is 0 Å². The molecule has 0 bridgehead atoms. The summed E-state index contributed by atoms with van der Waals surface area (Å²) in [4.78, 5) is 15.8. The molecule has 0 fully saturated rings. The Balaban J connectivity index is 1.55. The fourth-order valence-electron chi connectivity index (χ4n) is 5.13. The quantitative estimate of drug-likeness (QED) is 0.507. The van der Waals surface area contributed by atoms with E-state index < -0.39 is 17.4 Å². The maximum atomic E-state index is 14.4. The first-order valence-corrected chi connectivity index (χ1v) is 11.5. The molecule has 6 rings (SSSR count). The van der Waals surface area contributed by atoms with Crippen LogP contribution >= 0.6 is 0 Å². The zero-order valence-electron chi connectivity index (χ0n) is 19.4. The Morgan fingerprint density at radius 2 is 2.00 bits per heavy atom. The Bertz CT molecular complexity index is 1470. The molecule has 37 heavy (non-hydrogen) atoms. The van der Waals surface area contributed by atoms with E-state index in [0.717, 1.165) is 17.2 Å². The number of hydrogen-bond acceptors (Lipinski definition) is 6. The summed E-state index contributed by atoms with van der Waals surface area (Å²) in [6.07, 6.45) is 3.81. The van der Waals surface area contributed by atoms with Gasteiger partial charge in [0.2, 0.25) is 11.7 Å². The first-order valence-electron chi connectivity index (χ1n) is 11.5. The van der Waals surface area contributed by atoms with Gasteiger partial charge in [0, 0.05) is 40.6 Å². The van der Waals surface area contributed by atoms with Gasteiger partial charge in [-0.05, 0) is 35.9 Å². The van der Waals surface area contributed by atoms with Gasteiger partial charge in [-0.25, -0.2) is 0 Å². The average Bonchev–Trinajstić information content (AvgIpc) is 3.65. The minimum atomic E-state index is -4.63. The number of carbonyl (C=O) groups is 1. The topological polar surface area (TPSA) is 91.1 Å². The van der Waals surface area contributed by atoms with Crippen LogP contribution in [0.15, 0.2) is 93.2 Å². The Kier molecular flexibility index (Phi) is 5.22. The summed E-state index contributed by atoms with van der Waals surface area (Å²) in [6.45, 7) is 0.150. The van der Waals surface area contributed by atoms with Gasteiger partial charge in [-0.15, -0.1) is 0 Å².